The molecule has 42 heavy (non-hydrogen) atoms. The van der Waals surface area contributed by atoms with Crippen molar-refractivity contribution in [2.24, 2.45) is 11.8 Å². The first-order chi connectivity index (χ1) is 19.5. The topological polar surface area (TPSA) is 102 Å². The molecule has 0 N–H and O–H groups in total. The summed E-state index contributed by atoms with van der Waals surface area (Å²) in [6.45, 7) is 12.4. The number of esters is 1. The highest BCUT2D eigenvalue weighted by Crippen LogP contribution is 2.58. The Hall–Kier alpha value is -3.85. The second-order valence-corrected chi connectivity index (χ2v) is 13.4. The van der Waals surface area contributed by atoms with E-state index >= 15 is 0 Å². The molecular formula is C32H35ClN2O7. The van der Waals surface area contributed by atoms with Gasteiger partial charge in [-0.1, -0.05) is 41.4 Å². The lowest BCUT2D eigenvalue weighted by Crippen LogP contribution is -2.70. The molecule has 3 aliphatic heterocycles. The van der Waals surface area contributed by atoms with Gasteiger partial charge in [0.15, 0.2) is 0 Å². The third kappa shape index (κ3) is 5.04. The third-order valence-corrected chi connectivity index (χ3v) is 7.81. The number of aryl methyl sites for hydroxylation is 1. The number of benzene rings is 2. The summed E-state index contributed by atoms with van der Waals surface area (Å²) in [5, 5.41) is 0.486. The SMILES string of the molecule is Cc1ccc2c(c1)[C@]1(C(=O)N2C(=O)OC(C)(C)C)[C@H](C(=O)OC(C)(C)C)[C@H]2C=C[C@@H]1N(C(=O)Oc1ccc(Cl)cc1)C2. The van der Waals surface area contributed by atoms with Crippen molar-refractivity contribution in [1.29, 1.82) is 0 Å². The molecule has 3 heterocycles. The van der Waals surface area contributed by atoms with Gasteiger partial charge in [0, 0.05) is 17.5 Å². The Balaban J connectivity index is 1.67. The summed E-state index contributed by atoms with van der Waals surface area (Å²) in [5.74, 6) is -2.58. The van der Waals surface area contributed by atoms with E-state index in [9.17, 15) is 19.2 Å². The Bertz CT molecular complexity index is 1490. The zero-order valence-electron chi connectivity index (χ0n) is 24.8. The number of anilines is 1. The number of amides is 3. The van der Waals surface area contributed by atoms with Crippen molar-refractivity contribution in [3.05, 3.63) is 70.8 Å². The van der Waals surface area contributed by atoms with E-state index in [2.05, 4.69) is 0 Å². The fraction of sp³-hybridized carbons (Fsp3) is 0.438. The van der Waals surface area contributed by atoms with Crippen LogP contribution in [-0.2, 0) is 24.5 Å². The van der Waals surface area contributed by atoms with Crippen LogP contribution in [0.5, 0.6) is 5.75 Å². The summed E-state index contributed by atoms with van der Waals surface area (Å²) in [6, 6.07) is 10.6. The van der Waals surface area contributed by atoms with Gasteiger partial charge in [-0.05, 0) is 84.4 Å². The van der Waals surface area contributed by atoms with E-state index in [1.165, 1.54) is 4.90 Å². The lowest BCUT2D eigenvalue weighted by molar-refractivity contribution is -0.171. The molecule has 1 saturated heterocycles. The van der Waals surface area contributed by atoms with E-state index in [1.807, 2.05) is 13.0 Å². The lowest BCUT2D eigenvalue weighted by Gasteiger charge is -2.54. The summed E-state index contributed by atoms with van der Waals surface area (Å²) in [7, 11) is 0. The fourth-order valence-corrected chi connectivity index (χ4v) is 6.25. The van der Waals surface area contributed by atoms with Crippen LogP contribution >= 0.6 is 11.6 Å². The highest BCUT2D eigenvalue weighted by atomic mass is 35.5. The summed E-state index contributed by atoms with van der Waals surface area (Å²) in [5.41, 5.74) is -1.82. The molecule has 9 nitrogen and oxygen atoms in total. The van der Waals surface area contributed by atoms with Gasteiger partial charge in [-0.15, -0.1) is 0 Å². The normalized spacial score (nSPS) is 24.6. The number of imide groups is 1. The summed E-state index contributed by atoms with van der Waals surface area (Å²) in [6.07, 6.45) is 2.03. The molecule has 0 radical (unpaired) electrons. The predicted octanol–water partition coefficient (Wildman–Crippen LogP) is 6.20. The average Bonchev–Trinajstić information content (AvgIpc) is 3.11. The van der Waals surface area contributed by atoms with E-state index in [1.54, 1.807) is 90.1 Å². The minimum Gasteiger partial charge on any atom is -0.460 e. The number of fused-ring (bicyclic) bond motifs is 2. The number of piperidine rings is 1. The molecule has 0 saturated carbocycles. The molecule has 2 aromatic carbocycles. The van der Waals surface area contributed by atoms with Crippen molar-refractivity contribution >= 4 is 41.4 Å². The van der Waals surface area contributed by atoms with E-state index < -0.39 is 58.6 Å². The summed E-state index contributed by atoms with van der Waals surface area (Å²) < 4.78 is 17.2. The molecule has 1 aliphatic carbocycles. The smallest absolute Gasteiger partial charge is 0.421 e. The Labute approximate surface area is 250 Å². The van der Waals surface area contributed by atoms with Gasteiger partial charge in [0.25, 0.3) is 5.91 Å². The van der Waals surface area contributed by atoms with Crippen molar-refractivity contribution in [3.8, 4) is 5.75 Å². The van der Waals surface area contributed by atoms with Crippen molar-refractivity contribution in [1.82, 2.24) is 4.90 Å². The van der Waals surface area contributed by atoms with E-state index in [4.69, 9.17) is 25.8 Å². The molecule has 2 aromatic rings. The van der Waals surface area contributed by atoms with Crippen molar-refractivity contribution in [3.63, 3.8) is 0 Å². The number of halogens is 1. The molecule has 0 aromatic heterocycles. The molecule has 1 fully saturated rings. The standard InChI is InChI=1S/C32H35ClN2O7/c1-18-8-14-23-22(16-18)32(27(37)35(23)29(39)42-31(5,6)7)24-15-9-19(25(32)26(36)41-30(2,3)4)17-34(24)28(38)40-21-12-10-20(33)11-13-21/h8-16,19,24-25H,17H2,1-7H3/t19-,24-,25-,32+/m0/s1. The molecule has 1 spiro atoms. The number of carbonyl (C=O) groups is 4. The van der Waals surface area contributed by atoms with Crippen molar-refractivity contribution < 1.29 is 33.4 Å². The Morgan fingerprint density at radius 1 is 0.905 bits per heavy atom. The van der Waals surface area contributed by atoms with E-state index in [0.29, 0.717) is 16.3 Å². The number of hydrogen-bond donors (Lipinski definition) is 0. The van der Waals surface area contributed by atoms with Crippen LogP contribution in [0.4, 0.5) is 15.3 Å². The Morgan fingerprint density at radius 2 is 1.55 bits per heavy atom. The number of ether oxygens (including phenoxy) is 3. The van der Waals surface area contributed by atoms with Crippen LogP contribution in [0.3, 0.4) is 0 Å². The predicted molar refractivity (Wildman–Crippen MR) is 157 cm³/mol. The minimum absolute atomic E-state index is 0.111. The molecule has 4 aliphatic rings. The lowest BCUT2D eigenvalue weighted by atomic mass is 9.56. The number of rotatable bonds is 2. The number of carbonyl (C=O) groups excluding carboxylic acids is 4. The summed E-state index contributed by atoms with van der Waals surface area (Å²) in [4.78, 5) is 58.5. The van der Waals surface area contributed by atoms with Crippen molar-refractivity contribution in [2.45, 2.75) is 71.1 Å². The first-order valence-electron chi connectivity index (χ1n) is 13.9. The van der Waals surface area contributed by atoms with Gasteiger partial charge < -0.3 is 14.2 Å². The van der Waals surface area contributed by atoms with Crippen LogP contribution in [0, 0.1) is 18.8 Å². The van der Waals surface area contributed by atoms with Gasteiger partial charge in [0.05, 0.1) is 17.6 Å². The molecule has 4 atom stereocenters. The van der Waals surface area contributed by atoms with Gasteiger partial charge in [-0.3, -0.25) is 14.5 Å². The van der Waals surface area contributed by atoms with Gasteiger partial charge in [-0.2, -0.15) is 0 Å². The molecule has 6 rings (SSSR count). The molecular weight excluding hydrogens is 560 g/mol. The molecule has 0 unspecified atom stereocenters. The van der Waals surface area contributed by atoms with Crippen LogP contribution in [0.2, 0.25) is 5.02 Å². The molecule has 3 amide bonds. The Kier molecular flexibility index (Phi) is 7.16. The van der Waals surface area contributed by atoms with Crippen LogP contribution in [0.15, 0.2) is 54.6 Å². The first kappa shape index (κ1) is 29.6. The third-order valence-electron chi connectivity index (χ3n) is 7.55. The first-order valence-corrected chi connectivity index (χ1v) is 14.2. The van der Waals surface area contributed by atoms with Gasteiger partial charge >= 0.3 is 18.2 Å². The average molecular weight is 595 g/mol. The largest absolute Gasteiger partial charge is 0.460 e. The zero-order chi connectivity index (χ0) is 30.8. The van der Waals surface area contributed by atoms with Crippen LogP contribution in [-0.4, -0.2) is 52.8 Å². The van der Waals surface area contributed by atoms with Gasteiger partial charge in [0.1, 0.15) is 22.4 Å². The maximum atomic E-state index is 14.8. The highest BCUT2D eigenvalue weighted by Gasteiger charge is 2.70. The maximum absolute atomic E-state index is 14.8. The van der Waals surface area contributed by atoms with Gasteiger partial charge in [0.2, 0.25) is 0 Å². The molecule has 10 heteroatoms. The molecule has 2 bridgehead atoms. The second-order valence-electron chi connectivity index (χ2n) is 13.0. The monoisotopic (exact) mass is 594 g/mol. The fourth-order valence-electron chi connectivity index (χ4n) is 6.13. The van der Waals surface area contributed by atoms with Crippen LogP contribution < -0.4 is 9.64 Å². The highest BCUT2D eigenvalue weighted by molar-refractivity contribution is 6.30. The van der Waals surface area contributed by atoms with E-state index in [0.717, 1.165) is 10.5 Å². The number of hydrogen-bond acceptors (Lipinski definition) is 7. The zero-order valence-corrected chi connectivity index (χ0v) is 25.5. The quantitative estimate of drug-likeness (QED) is 0.301. The molecule has 222 valence electrons. The maximum Gasteiger partial charge on any atom is 0.421 e. The van der Waals surface area contributed by atoms with Crippen molar-refractivity contribution in [2.75, 3.05) is 11.4 Å². The van der Waals surface area contributed by atoms with Crippen LogP contribution in [0.25, 0.3) is 0 Å². The summed E-state index contributed by atoms with van der Waals surface area (Å²) >= 11 is 5.99. The van der Waals surface area contributed by atoms with Gasteiger partial charge in [-0.25, -0.2) is 14.5 Å². The second kappa shape index (κ2) is 10.2. The Morgan fingerprint density at radius 3 is 2.17 bits per heavy atom. The van der Waals surface area contributed by atoms with Crippen LogP contribution in [0.1, 0.15) is 52.7 Å². The van der Waals surface area contributed by atoms with E-state index in [-0.39, 0.29) is 12.3 Å². The number of nitrogens with zero attached hydrogens (tertiary/aromatic N) is 2. The minimum atomic E-state index is -1.67.